The topological polar surface area (TPSA) is 149 Å². The lowest BCUT2D eigenvalue weighted by Gasteiger charge is -2.28. The summed E-state index contributed by atoms with van der Waals surface area (Å²) in [5.74, 6) is 0.154. The molecule has 0 bridgehead atoms. The Kier molecular flexibility index (Phi) is 8.40. The van der Waals surface area contributed by atoms with Gasteiger partial charge in [-0.25, -0.2) is 9.59 Å². The van der Waals surface area contributed by atoms with Crippen LogP contribution in [0.4, 0.5) is 10.6 Å². The van der Waals surface area contributed by atoms with Crippen molar-refractivity contribution in [2.24, 2.45) is 17.2 Å². The van der Waals surface area contributed by atoms with Crippen molar-refractivity contribution in [3.05, 3.63) is 28.8 Å². The third-order valence-electron chi connectivity index (χ3n) is 4.47. The third kappa shape index (κ3) is 6.75. The molecule has 0 fully saturated rings. The number of urea groups is 1. The molecule has 2 rings (SSSR count). The Morgan fingerprint density at radius 1 is 1.26 bits per heavy atom. The molecule has 0 aliphatic carbocycles. The highest BCUT2D eigenvalue weighted by Gasteiger charge is 2.14. The number of nitrogens with zero attached hydrogens (tertiary/aromatic N) is 4. The molecule has 10 nitrogen and oxygen atoms in total. The minimum absolute atomic E-state index is 0.154. The van der Waals surface area contributed by atoms with Crippen LogP contribution < -0.4 is 28.2 Å². The zero-order valence-electron chi connectivity index (χ0n) is 15.6. The molecule has 0 unspecified atom stereocenters. The molecule has 150 valence electrons. The van der Waals surface area contributed by atoms with Gasteiger partial charge in [-0.2, -0.15) is 4.98 Å². The van der Waals surface area contributed by atoms with Crippen molar-refractivity contribution < 1.29 is 4.79 Å². The van der Waals surface area contributed by atoms with Gasteiger partial charge in [0.1, 0.15) is 5.82 Å². The predicted molar refractivity (Wildman–Crippen MR) is 106 cm³/mol. The van der Waals surface area contributed by atoms with E-state index in [0.717, 1.165) is 57.8 Å². The molecule has 1 aromatic rings. The average molecular weight is 378 g/mol. The Bertz CT molecular complexity index is 696. The fourth-order valence-electron chi connectivity index (χ4n) is 3.16. The molecule has 1 aromatic heterocycles. The Hall–Kier alpha value is -2.27. The number of anilines is 1. The van der Waals surface area contributed by atoms with Gasteiger partial charge in [-0.3, -0.25) is 14.8 Å². The van der Waals surface area contributed by atoms with Crippen molar-refractivity contribution in [3.63, 3.8) is 0 Å². The summed E-state index contributed by atoms with van der Waals surface area (Å²) >= 11 is 0. The summed E-state index contributed by atoms with van der Waals surface area (Å²) in [6, 6.07) is 0.812. The Labute approximate surface area is 159 Å². The van der Waals surface area contributed by atoms with Gasteiger partial charge in [0.05, 0.1) is 0 Å². The summed E-state index contributed by atoms with van der Waals surface area (Å²) in [4.78, 5) is 31.5. The van der Waals surface area contributed by atoms with Crippen molar-refractivity contribution in [3.8, 4) is 0 Å². The molecule has 0 aromatic carbocycles. The first kappa shape index (κ1) is 21.0. The van der Waals surface area contributed by atoms with Gasteiger partial charge in [-0.05, 0) is 25.6 Å². The Morgan fingerprint density at radius 3 is 2.56 bits per heavy atom. The van der Waals surface area contributed by atoms with Crippen LogP contribution in [0, 0.1) is 0 Å². The molecule has 10 heteroatoms. The summed E-state index contributed by atoms with van der Waals surface area (Å²) in [5, 5.41) is 2.30. The van der Waals surface area contributed by atoms with Crippen LogP contribution in [-0.2, 0) is 0 Å². The number of aromatic nitrogens is 2. The molecular weight excluding hydrogens is 348 g/mol. The zero-order valence-corrected chi connectivity index (χ0v) is 15.6. The number of carbonyl (C=O) groups is 1. The maximum Gasteiger partial charge on any atom is 0.353 e. The highest BCUT2D eigenvalue weighted by Crippen LogP contribution is 2.15. The minimum Gasteiger partial charge on any atom is -0.351 e. The third-order valence-corrected chi connectivity index (χ3v) is 4.47. The normalized spacial score (nSPS) is 15.0. The van der Waals surface area contributed by atoms with Crippen molar-refractivity contribution in [2.45, 2.75) is 12.8 Å². The van der Waals surface area contributed by atoms with Crippen molar-refractivity contribution in [1.29, 1.82) is 0 Å². The van der Waals surface area contributed by atoms with E-state index in [9.17, 15) is 9.59 Å². The van der Waals surface area contributed by atoms with E-state index in [1.54, 1.807) is 12.3 Å². The lowest BCUT2D eigenvalue weighted by Crippen LogP contribution is -2.37. The van der Waals surface area contributed by atoms with E-state index >= 15 is 0 Å². The van der Waals surface area contributed by atoms with Gasteiger partial charge >= 0.3 is 11.7 Å². The number of hydrogen-bond donors (Lipinski definition) is 4. The standard InChI is InChI=1S/C17H30N8O2/c18-5-12-24(13-6-19)8-1-7-23-9-2-14(3-10-23)25-11-4-15(21-16(20)26)22-17(25)27/h2,4,11H,1,3,5-10,12-13,18-19H2,(H3,20,21,22,26,27). The smallest absolute Gasteiger partial charge is 0.351 e. The lowest BCUT2D eigenvalue weighted by molar-refractivity contribution is 0.242. The van der Waals surface area contributed by atoms with E-state index in [0.29, 0.717) is 13.1 Å². The van der Waals surface area contributed by atoms with Gasteiger partial charge in [0.25, 0.3) is 0 Å². The molecule has 0 saturated heterocycles. The highest BCUT2D eigenvalue weighted by atomic mass is 16.2. The largest absolute Gasteiger partial charge is 0.353 e. The van der Waals surface area contributed by atoms with Crippen LogP contribution in [0.3, 0.4) is 0 Å². The number of hydrogen-bond acceptors (Lipinski definition) is 7. The minimum atomic E-state index is -0.747. The molecule has 0 radical (unpaired) electrons. The number of primary amides is 1. The number of rotatable bonds is 10. The second-order valence-corrected chi connectivity index (χ2v) is 6.47. The number of nitrogens with one attached hydrogen (secondary N) is 1. The van der Waals surface area contributed by atoms with E-state index in [1.165, 1.54) is 4.57 Å². The molecule has 1 aliphatic heterocycles. The summed E-state index contributed by atoms with van der Waals surface area (Å²) in [6.07, 6.45) is 5.47. The summed E-state index contributed by atoms with van der Waals surface area (Å²) in [5.41, 5.74) is 16.8. The second-order valence-electron chi connectivity index (χ2n) is 6.47. The van der Waals surface area contributed by atoms with Crippen molar-refractivity contribution >= 4 is 17.5 Å². The molecule has 2 heterocycles. The van der Waals surface area contributed by atoms with Gasteiger partial charge in [0.15, 0.2) is 0 Å². The summed E-state index contributed by atoms with van der Waals surface area (Å²) in [6.45, 7) is 6.68. The van der Waals surface area contributed by atoms with Crippen molar-refractivity contribution in [1.82, 2.24) is 19.4 Å². The van der Waals surface area contributed by atoms with Gasteiger partial charge < -0.3 is 22.1 Å². The molecule has 0 atom stereocenters. The van der Waals surface area contributed by atoms with Crippen LogP contribution in [0.5, 0.6) is 0 Å². The molecule has 1 aliphatic rings. The predicted octanol–water partition coefficient (Wildman–Crippen LogP) is -1.11. The molecule has 0 spiro atoms. The van der Waals surface area contributed by atoms with Crippen LogP contribution in [-0.4, -0.2) is 77.7 Å². The van der Waals surface area contributed by atoms with Crippen LogP contribution >= 0.6 is 0 Å². The fraction of sp³-hybridized carbons (Fsp3) is 0.588. The first-order valence-electron chi connectivity index (χ1n) is 9.24. The van der Waals surface area contributed by atoms with Gasteiger partial charge in [-0.15, -0.1) is 0 Å². The van der Waals surface area contributed by atoms with E-state index in [2.05, 4.69) is 20.1 Å². The number of amides is 2. The van der Waals surface area contributed by atoms with Crippen LogP contribution in [0.1, 0.15) is 12.8 Å². The monoisotopic (exact) mass is 378 g/mol. The molecule has 7 N–H and O–H groups in total. The maximum absolute atomic E-state index is 12.2. The number of nitrogens with two attached hydrogens (primary N) is 3. The molecule has 27 heavy (non-hydrogen) atoms. The van der Waals surface area contributed by atoms with E-state index in [1.807, 2.05) is 6.08 Å². The van der Waals surface area contributed by atoms with Crippen LogP contribution in [0.15, 0.2) is 23.1 Å². The van der Waals surface area contributed by atoms with Gasteiger partial charge in [0, 0.05) is 57.6 Å². The van der Waals surface area contributed by atoms with Crippen LogP contribution in [0.2, 0.25) is 0 Å². The quantitative estimate of drug-likeness (QED) is 0.403. The van der Waals surface area contributed by atoms with E-state index in [4.69, 9.17) is 17.2 Å². The van der Waals surface area contributed by atoms with E-state index < -0.39 is 11.7 Å². The molecular formula is C17H30N8O2. The van der Waals surface area contributed by atoms with Gasteiger partial charge in [-0.1, -0.05) is 6.08 Å². The Morgan fingerprint density at radius 2 is 2.00 bits per heavy atom. The number of carbonyl (C=O) groups excluding carboxylic acids is 1. The second kappa shape index (κ2) is 10.8. The molecule has 2 amide bonds. The maximum atomic E-state index is 12.2. The summed E-state index contributed by atoms with van der Waals surface area (Å²) < 4.78 is 1.51. The first-order chi connectivity index (χ1) is 13.0. The van der Waals surface area contributed by atoms with Crippen molar-refractivity contribution in [2.75, 3.05) is 57.7 Å². The fourth-order valence-corrected chi connectivity index (χ4v) is 3.16. The summed E-state index contributed by atoms with van der Waals surface area (Å²) in [7, 11) is 0. The highest BCUT2D eigenvalue weighted by molar-refractivity contribution is 5.86. The molecule has 0 saturated carbocycles. The van der Waals surface area contributed by atoms with Gasteiger partial charge in [0.2, 0.25) is 0 Å². The Balaban J connectivity index is 1.85. The SMILES string of the molecule is NCCN(CCN)CCCN1CC=C(n2ccc(NC(N)=O)nc2=O)CC1. The zero-order chi connectivity index (χ0) is 19.6. The van der Waals surface area contributed by atoms with Crippen LogP contribution in [0.25, 0.3) is 5.70 Å². The van der Waals surface area contributed by atoms with E-state index in [-0.39, 0.29) is 5.82 Å². The lowest BCUT2D eigenvalue weighted by atomic mass is 10.2. The first-order valence-corrected chi connectivity index (χ1v) is 9.24. The average Bonchev–Trinajstić information content (AvgIpc) is 2.62.